The molecule has 0 aromatic heterocycles. The number of ether oxygens (including phenoxy) is 1. The number of rotatable bonds is 5. The first-order chi connectivity index (χ1) is 9.61. The summed E-state index contributed by atoms with van der Waals surface area (Å²) in [5.41, 5.74) is 8.03. The van der Waals surface area contributed by atoms with Gasteiger partial charge in [-0.3, -0.25) is 0 Å². The first kappa shape index (κ1) is 14.9. The summed E-state index contributed by atoms with van der Waals surface area (Å²) in [4.78, 5) is 2.04. The van der Waals surface area contributed by atoms with Gasteiger partial charge in [-0.25, -0.2) is 0 Å². The van der Waals surface area contributed by atoms with Crippen molar-refractivity contribution >= 4 is 21.6 Å². The van der Waals surface area contributed by atoms with Crippen molar-refractivity contribution in [1.29, 1.82) is 0 Å². The Morgan fingerprint density at radius 3 is 2.55 bits per heavy atom. The SMILES string of the molecule is CN(C)c1cccc(OC(CN)c2ccccc2Br)c1. The summed E-state index contributed by atoms with van der Waals surface area (Å²) < 4.78 is 7.05. The van der Waals surface area contributed by atoms with Crippen molar-refractivity contribution in [2.75, 3.05) is 25.5 Å². The number of nitrogens with two attached hydrogens (primary N) is 1. The number of nitrogens with zero attached hydrogens (tertiary/aromatic N) is 1. The van der Waals surface area contributed by atoms with Crippen molar-refractivity contribution in [3.8, 4) is 5.75 Å². The molecule has 0 spiro atoms. The zero-order chi connectivity index (χ0) is 14.5. The highest BCUT2D eigenvalue weighted by molar-refractivity contribution is 9.10. The molecule has 20 heavy (non-hydrogen) atoms. The largest absolute Gasteiger partial charge is 0.484 e. The van der Waals surface area contributed by atoms with Gasteiger partial charge in [0.25, 0.3) is 0 Å². The molecule has 0 radical (unpaired) electrons. The van der Waals surface area contributed by atoms with E-state index in [-0.39, 0.29) is 6.10 Å². The minimum absolute atomic E-state index is 0.164. The molecule has 0 heterocycles. The quantitative estimate of drug-likeness (QED) is 0.907. The fraction of sp³-hybridized carbons (Fsp3) is 0.250. The van der Waals surface area contributed by atoms with E-state index in [1.807, 2.05) is 67.5 Å². The highest BCUT2D eigenvalue weighted by Gasteiger charge is 2.14. The summed E-state index contributed by atoms with van der Waals surface area (Å²) in [7, 11) is 4.01. The lowest BCUT2D eigenvalue weighted by atomic mass is 10.1. The Labute approximate surface area is 128 Å². The normalized spacial score (nSPS) is 12.0. The Hall–Kier alpha value is -1.52. The van der Waals surface area contributed by atoms with Gasteiger partial charge in [-0.15, -0.1) is 0 Å². The van der Waals surface area contributed by atoms with E-state index in [1.165, 1.54) is 0 Å². The Kier molecular flexibility index (Phi) is 5.04. The van der Waals surface area contributed by atoms with Crippen molar-refractivity contribution in [2.24, 2.45) is 5.73 Å². The molecule has 2 rings (SSSR count). The summed E-state index contributed by atoms with van der Waals surface area (Å²) in [6.45, 7) is 0.425. The summed E-state index contributed by atoms with van der Waals surface area (Å²) in [6, 6.07) is 16.0. The van der Waals surface area contributed by atoms with E-state index < -0.39 is 0 Å². The van der Waals surface area contributed by atoms with Crippen LogP contribution in [0.5, 0.6) is 5.75 Å². The molecule has 1 unspecified atom stereocenters. The fourth-order valence-corrected chi connectivity index (χ4v) is 2.51. The standard InChI is InChI=1S/C16H19BrN2O/c1-19(2)12-6-5-7-13(10-12)20-16(11-18)14-8-3-4-9-15(14)17/h3-10,16H,11,18H2,1-2H3. The van der Waals surface area contributed by atoms with Crippen molar-refractivity contribution in [2.45, 2.75) is 6.10 Å². The lowest BCUT2D eigenvalue weighted by Gasteiger charge is -2.20. The summed E-state index contributed by atoms with van der Waals surface area (Å²) in [6.07, 6.45) is -0.164. The maximum absolute atomic E-state index is 6.04. The van der Waals surface area contributed by atoms with Gasteiger partial charge in [0.05, 0.1) is 0 Å². The Balaban J connectivity index is 2.23. The molecular formula is C16H19BrN2O. The molecule has 0 bridgehead atoms. The lowest BCUT2D eigenvalue weighted by Crippen LogP contribution is -2.19. The van der Waals surface area contributed by atoms with E-state index in [1.54, 1.807) is 0 Å². The highest BCUT2D eigenvalue weighted by atomic mass is 79.9. The fourth-order valence-electron chi connectivity index (χ4n) is 1.97. The molecule has 2 N–H and O–H groups in total. The second kappa shape index (κ2) is 6.77. The van der Waals surface area contributed by atoms with Crippen molar-refractivity contribution in [1.82, 2.24) is 0 Å². The molecule has 4 heteroatoms. The molecule has 0 aliphatic carbocycles. The van der Waals surface area contributed by atoms with E-state index in [2.05, 4.69) is 15.9 Å². The van der Waals surface area contributed by atoms with E-state index in [0.29, 0.717) is 6.54 Å². The van der Waals surface area contributed by atoms with Crippen molar-refractivity contribution < 1.29 is 4.74 Å². The van der Waals surface area contributed by atoms with E-state index in [9.17, 15) is 0 Å². The van der Waals surface area contributed by atoms with Gasteiger partial charge < -0.3 is 15.4 Å². The van der Waals surface area contributed by atoms with Gasteiger partial charge in [-0.2, -0.15) is 0 Å². The van der Waals surface area contributed by atoms with Crippen molar-refractivity contribution in [3.05, 3.63) is 58.6 Å². The third kappa shape index (κ3) is 3.52. The van der Waals surface area contributed by atoms with Crippen LogP contribution >= 0.6 is 15.9 Å². The van der Waals surface area contributed by atoms with Crippen LogP contribution in [0.15, 0.2) is 53.0 Å². The highest BCUT2D eigenvalue weighted by Crippen LogP contribution is 2.28. The van der Waals surface area contributed by atoms with E-state index in [0.717, 1.165) is 21.5 Å². The van der Waals surface area contributed by atoms with E-state index in [4.69, 9.17) is 10.5 Å². The number of hydrogen-bond acceptors (Lipinski definition) is 3. The maximum Gasteiger partial charge on any atom is 0.137 e. The van der Waals surface area contributed by atoms with Gasteiger partial charge in [-0.05, 0) is 18.2 Å². The number of halogens is 1. The van der Waals surface area contributed by atoms with Crippen LogP contribution in [0.1, 0.15) is 11.7 Å². The van der Waals surface area contributed by atoms with Crippen LogP contribution in [0.4, 0.5) is 5.69 Å². The molecule has 2 aromatic rings. The molecule has 106 valence electrons. The Morgan fingerprint density at radius 2 is 1.90 bits per heavy atom. The molecule has 0 aliphatic heterocycles. The van der Waals surface area contributed by atoms with Gasteiger partial charge in [0, 0.05) is 42.4 Å². The van der Waals surface area contributed by atoms with Crippen molar-refractivity contribution in [3.63, 3.8) is 0 Å². The van der Waals surface area contributed by atoms with Crippen LogP contribution in [-0.2, 0) is 0 Å². The average Bonchev–Trinajstić information content (AvgIpc) is 2.46. The van der Waals surface area contributed by atoms with Gasteiger partial charge in [0.2, 0.25) is 0 Å². The van der Waals surface area contributed by atoms with Crippen LogP contribution in [-0.4, -0.2) is 20.6 Å². The predicted octanol–water partition coefficient (Wildman–Crippen LogP) is 3.59. The summed E-state index contributed by atoms with van der Waals surface area (Å²) in [5.74, 6) is 0.822. The van der Waals surface area contributed by atoms with Gasteiger partial charge in [0.1, 0.15) is 11.9 Å². The van der Waals surface area contributed by atoms with Crippen LogP contribution < -0.4 is 15.4 Å². The number of hydrogen-bond donors (Lipinski definition) is 1. The molecule has 0 saturated heterocycles. The van der Waals surface area contributed by atoms with Crippen LogP contribution in [0.2, 0.25) is 0 Å². The maximum atomic E-state index is 6.04. The first-order valence-corrected chi connectivity index (χ1v) is 7.29. The smallest absolute Gasteiger partial charge is 0.137 e. The molecule has 3 nitrogen and oxygen atoms in total. The second-order valence-electron chi connectivity index (χ2n) is 4.76. The third-order valence-electron chi connectivity index (χ3n) is 3.08. The number of anilines is 1. The Bertz CT molecular complexity index is 572. The Morgan fingerprint density at radius 1 is 1.15 bits per heavy atom. The second-order valence-corrected chi connectivity index (χ2v) is 5.61. The lowest BCUT2D eigenvalue weighted by molar-refractivity contribution is 0.213. The molecular weight excluding hydrogens is 316 g/mol. The first-order valence-electron chi connectivity index (χ1n) is 6.50. The third-order valence-corrected chi connectivity index (χ3v) is 3.80. The molecule has 2 aromatic carbocycles. The summed E-state index contributed by atoms with van der Waals surface area (Å²) >= 11 is 3.54. The van der Waals surface area contributed by atoms with Gasteiger partial charge in [-0.1, -0.05) is 40.2 Å². The van der Waals surface area contributed by atoms with Crippen LogP contribution in [0.3, 0.4) is 0 Å². The molecule has 1 atom stereocenters. The predicted molar refractivity (Wildman–Crippen MR) is 87.3 cm³/mol. The molecule has 0 fully saturated rings. The monoisotopic (exact) mass is 334 g/mol. The van der Waals surface area contributed by atoms with Crippen LogP contribution in [0, 0.1) is 0 Å². The van der Waals surface area contributed by atoms with E-state index >= 15 is 0 Å². The molecule has 0 amide bonds. The number of benzene rings is 2. The summed E-state index contributed by atoms with van der Waals surface area (Å²) in [5, 5.41) is 0. The molecule has 0 aliphatic rings. The molecule has 0 saturated carbocycles. The average molecular weight is 335 g/mol. The van der Waals surface area contributed by atoms with Gasteiger partial charge >= 0.3 is 0 Å². The topological polar surface area (TPSA) is 38.5 Å². The van der Waals surface area contributed by atoms with Gasteiger partial charge in [0.15, 0.2) is 0 Å². The zero-order valence-corrected chi connectivity index (χ0v) is 13.3. The minimum Gasteiger partial charge on any atom is -0.484 e. The van der Waals surface area contributed by atoms with Crippen LogP contribution in [0.25, 0.3) is 0 Å². The zero-order valence-electron chi connectivity index (χ0n) is 11.7. The minimum atomic E-state index is -0.164.